The van der Waals surface area contributed by atoms with E-state index in [1.807, 2.05) is 18.2 Å². The molecule has 0 saturated heterocycles. The monoisotopic (exact) mass is 717 g/mol. The normalized spacial score (nSPS) is 12.6. The van der Waals surface area contributed by atoms with Crippen LogP contribution in [0.15, 0.2) is 182 Å². The Balaban J connectivity index is 1.04. The van der Waals surface area contributed by atoms with E-state index in [1.165, 1.54) is 44.0 Å². The maximum Gasteiger partial charge on any atom is 0.164 e. The first kappa shape index (κ1) is 32.1. The summed E-state index contributed by atoms with van der Waals surface area (Å²) in [6, 6.07) is 64.2. The van der Waals surface area contributed by atoms with Gasteiger partial charge < -0.3 is 9.13 Å². The van der Waals surface area contributed by atoms with Crippen LogP contribution < -0.4 is 0 Å². The molecule has 0 aliphatic heterocycles. The minimum absolute atomic E-state index is 0.657. The Hall–Kier alpha value is -7.37. The lowest BCUT2D eigenvalue weighted by Gasteiger charge is -2.17. The van der Waals surface area contributed by atoms with Gasteiger partial charge >= 0.3 is 0 Å². The number of hydrogen-bond donors (Lipinski definition) is 0. The highest BCUT2D eigenvalue weighted by molar-refractivity contribution is 6.09. The van der Waals surface area contributed by atoms with Gasteiger partial charge in [0.05, 0.1) is 22.2 Å². The van der Waals surface area contributed by atoms with Crippen LogP contribution in [0, 0.1) is 0 Å². The molecule has 0 atom stereocenters. The van der Waals surface area contributed by atoms with E-state index in [9.17, 15) is 0 Å². The third-order valence-corrected chi connectivity index (χ3v) is 11.1. The number of hydrogen-bond acceptors (Lipinski definition) is 3. The Bertz CT molecular complexity index is 3080. The predicted octanol–water partition coefficient (Wildman–Crippen LogP) is 12.4. The SMILES string of the molecule is C1=C(c2nc(-c3ccccc3)nc(-c3cccc(-c4cccc(-n5c6ccccc6c6ccccc65)c4)c3)n2)CCc2c1n(-c1ccccc1)c1ccccc21. The van der Waals surface area contributed by atoms with Crippen LogP contribution in [0.25, 0.3) is 89.6 Å². The van der Waals surface area contributed by atoms with Gasteiger partial charge in [-0.25, -0.2) is 15.0 Å². The molecular weight excluding hydrogens is 683 g/mol. The molecule has 3 heterocycles. The van der Waals surface area contributed by atoms with Crippen molar-refractivity contribution in [2.24, 2.45) is 0 Å². The molecule has 0 bridgehead atoms. The smallest absolute Gasteiger partial charge is 0.164 e. The molecule has 7 aromatic carbocycles. The fourth-order valence-electron chi connectivity index (χ4n) is 8.50. The molecule has 0 spiro atoms. The Morgan fingerprint density at radius 3 is 1.57 bits per heavy atom. The quantitative estimate of drug-likeness (QED) is 0.172. The van der Waals surface area contributed by atoms with Crippen LogP contribution in [0.4, 0.5) is 0 Å². The fourth-order valence-corrected chi connectivity index (χ4v) is 8.50. The lowest BCUT2D eigenvalue weighted by Crippen LogP contribution is -2.07. The third-order valence-electron chi connectivity index (χ3n) is 11.1. The molecule has 0 N–H and O–H groups in total. The molecule has 0 amide bonds. The van der Waals surface area contributed by atoms with Gasteiger partial charge in [-0.1, -0.05) is 133 Å². The molecule has 3 aromatic heterocycles. The maximum absolute atomic E-state index is 5.24. The Morgan fingerprint density at radius 2 is 0.857 bits per heavy atom. The number of para-hydroxylation sites is 4. The van der Waals surface area contributed by atoms with Crippen molar-refractivity contribution in [3.8, 4) is 45.3 Å². The molecule has 264 valence electrons. The summed E-state index contributed by atoms with van der Waals surface area (Å²) in [5.74, 6) is 2.03. The molecule has 1 aliphatic carbocycles. The predicted molar refractivity (Wildman–Crippen MR) is 230 cm³/mol. The fraction of sp³-hybridized carbons (Fsp3) is 0.0392. The summed E-state index contributed by atoms with van der Waals surface area (Å²) in [7, 11) is 0. The lowest BCUT2D eigenvalue weighted by molar-refractivity contribution is 0.946. The van der Waals surface area contributed by atoms with Crippen molar-refractivity contribution in [1.82, 2.24) is 24.1 Å². The van der Waals surface area contributed by atoms with Gasteiger partial charge in [0.25, 0.3) is 0 Å². The third kappa shape index (κ3) is 5.36. The number of fused-ring (bicyclic) bond motifs is 6. The van der Waals surface area contributed by atoms with Gasteiger partial charge in [0.1, 0.15) is 0 Å². The number of rotatable bonds is 6. The Morgan fingerprint density at radius 1 is 0.357 bits per heavy atom. The van der Waals surface area contributed by atoms with Gasteiger partial charge in [-0.3, -0.25) is 0 Å². The zero-order valence-electron chi connectivity index (χ0n) is 30.5. The molecule has 1 aliphatic rings. The van der Waals surface area contributed by atoms with Crippen molar-refractivity contribution in [3.05, 3.63) is 199 Å². The van der Waals surface area contributed by atoms with Crippen molar-refractivity contribution < 1.29 is 0 Å². The molecule has 0 unspecified atom stereocenters. The summed E-state index contributed by atoms with van der Waals surface area (Å²) in [6.45, 7) is 0. The Kier molecular flexibility index (Phi) is 7.56. The molecule has 11 rings (SSSR count). The summed E-state index contributed by atoms with van der Waals surface area (Å²) in [5.41, 5.74) is 13.6. The van der Waals surface area contributed by atoms with Gasteiger partial charge in [-0.2, -0.15) is 0 Å². The summed E-state index contributed by atoms with van der Waals surface area (Å²) < 4.78 is 4.74. The number of benzene rings is 7. The van der Waals surface area contributed by atoms with E-state index in [2.05, 4.69) is 179 Å². The average molecular weight is 718 g/mol. The summed E-state index contributed by atoms with van der Waals surface area (Å²) in [4.78, 5) is 15.5. The molecule has 10 aromatic rings. The second-order valence-corrected chi connectivity index (χ2v) is 14.4. The van der Waals surface area contributed by atoms with Crippen LogP contribution in [0.3, 0.4) is 0 Å². The van der Waals surface area contributed by atoms with E-state index >= 15 is 0 Å². The van der Waals surface area contributed by atoms with Crippen molar-refractivity contribution >= 4 is 44.4 Å². The number of aromatic nitrogens is 5. The number of nitrogens with zero attached hydrogens (tertiary/aromatic N) is 5. The molecule has 0 fully saturated rings. The first-order valence-corrected chi connectivity index (χ1v) is 19.2. The van der Waals surface area contributed by atoms with Crippen molar-refractivity contribution in [2.45, 2.75) is 12.8 Å². The molecule has 56 heavy (non-hydrogen) atoms. The van der Waals surface area contributed by atoms with Gasteiger partial charge in [-0.15, -0.1) is 0 Å². The van der Waals surface area contributed by atoms with Crippen LogP contribution >= 0.6 is 0 Å². The van der Waals surface area contributed by atoms with Gasteiger partial charge in [0.15, 0.2) is 17.5 Å². The molecule has 0 radical (unpaired) electrons. The van der Waals surface area contributed by atoms with Crippen LogP contribution in [-0.4, -0.2) is 24.1 Å². The maximum atomic E-state index is 5.24. The minimum Gasteiger partial charge on any atom is -0.310 e. The topological polar surface area (TPSA) is 48.5 Å². The minimum atomic E-state index is 0.657. The number of allylic oxidation sites excluding steroid dienone is 1. The van der Waals surface area contributed by atoms with Crippen molar-refractivity contribution in [3.63, 3.8) is 0 Å². The van der Waals surface area contributed by atoms with Gasteiger partial charge in [0.2, 0.25) is 0 Å². The van der Waals surface area contributed by atoms with E-state index in [0.29, 0.717) is 17.5 Å². The molecule has 5 heteroatoms. The molecule has 0 saturated carbocycles. The van der Waals surface area contributed by atoms with E-state index in [-0.39, 0.29) is 0 Å². The lowest BCUT2D eigenvalue weighted by atomic mass is 9.94. The zero-order valence-corrected chi connectivity index (χ0v) is 30.5. The average Bonchev–Trinajstić information content (AvgIpc) is 3.80. The highest BCUT2D eigenvalue weighted by Crippen LogP contribution is 2.39. The first-order valence-electron chi connectivity index (χ1n) is 19.2. The van der Waals surface area contributed by atoms with Crippen LogP contribution in [-0.2, 0) is 6.42 Å². The van der Waals surface area contributed by atoms with Crippen LogP contribution in [0.2, 0.25) is 0 Å². The van der Waals surface area contributed by atoms with Crippen molar-refractivity contribution in [2.75, 3.05) is 0 Å². The molecule has 5 nitrogen and oxygen atoms in total. The summed E-state index contributed by atoms with van der Waals surface area (Å²) >= 11 is 0. The standard InChI is InChI=1S/C51H35N5/c1-3-15-34(16-4-1)49-52-50(54-51(53-49)38-29-30-44-43-25-9-10-26-45(43)55(48(44)33-38)39-20-5-2-6-21-39)37-19-13-17-35(31-37)36-18-14-22-40(32-36)56-46-27-11-7-23-41(46)42-24-8-12-28-47(42)56/h1-28,31-33H,29-30H2. The van der Waals surface area contributed by atoms with E-state index < -0.39 is 0 Å². The second kappa shape index (κ2) is 13.2. The first-order chi connectivity index (χ1) is 27.8. The van der Waals surface area contributed by atoms with E-state index in [4.69, 9.17) is 15.0 Å². The largest absolute Gasteiger partial charge is 0.310 e. The summed E-state index contributed by atoms with van der Waals surface area (Å²) in [5, 5.41) is 3.80. The van der Waals surface area contributed by atoms with Crippen LogP contribution in [0.1, 0.15) is 23.5 Å². The van der Waals surface area contributed by atoms with E-state index in [1.54, 1.807) is 0 Å². The van der Waals surface area contributed by atoms with Crippen LogP contribution in [0.5, 0.6) is 0 Å². The van der Waals surface area contributed by atoms with Gasteiger partial charge in [0, 0.05) is 38.7 Å². The highest BCUT2D eigenvalue weighted by Gasteiger charge is 2.24. The Labute approximate surface area is 324 Å². The summed E-state index contributed by atoms with van der Waals surface area (Å²) in [6.07, 6.45) is 4.04. The van der Waals surface area contributed by atoms with Crippen molar-refractivity contribution in [1.29, 1.82) is 0 Å². The molecular formula is C51H35N5. The second-order valence-electron chi connectivity index (χ2n) is 14.4. The number of aryl methyl sites for hydroxylation is 1. The van der Waals surface area contributed by atoms with Gasteiger partial charge in [-0.05, 0) is 89.7 Å². The van der Waals surface area contributed by atoms with E-state index in [0.717, 1.165) is 52.0 Å². The highest BCUT2D eigenvalue weighted by atomic mass is 15.0. The zero-order chi connectivity index (χ0) is 37.0.